The standard InChI is InChI=1S/C30H31N3O3/c1-4-9-22-14-15-27(28(18-22)35-3)36-17-16-32-26-13-8-6-11-24(26)31-30(32)23-19-29(34)33(20-23)25-12-7-5-10-21(25)2/h4-15,18,23H,16-17,19-20H2,1-3H3/b9-4+/t23-/m0/s1. The van der Waals surface area contributed by atoms with E-state index in [9.17, 15) is 4.79 Å². The molecule has 5 rings (SSSR count). The van der Waals surface area contributed by atoms with E-state index in [1.165, 1.54) is 0 Å². The second-order valence-electron chi connectivity index (χ2n) is 9.06. The number of rotatable bonds is 8. The van der Waals surface area contributed by atoms with Gasteiger partial charge in [-0.05, 0) is 55.3 Å². The molecule has 4 aromatic rings. The average Bonchev–Trinajstić information content (AvgIpc) is 3.45. The first-order valence-corrected chi connectivity index (χ1v) is 12.3. The summed E-state index contributed by atoms with van der Waals surface area (Å²) < 4.78 is 13.9. The number of anilines is 1. The topological polar surface area (TPSA) is 56.6 Å². The number of benzene rings is 3. The number of carbonyl (C=O) groups excluding carboxylic acids is 1. The highest BCUT2D eigenvalue weighted by atomic mass is 16.5. The van der Waals surface area contributed by atoms with Crippen LogP contribution in [-0.2, 0) is 11.3 Å². The highest BCUT2D eigenvalue weighted by molar-refractivity contribution is 5.97. The van der Waals surface area contributed by atoms with Gasteiger partial charge in [-0.15, -0.1) is 0 Å². The molecular weight excluding hydrogens is 450 g/mol. The van der Waals surface area contributed by atoms with Crippen LogP contribution in [0, 0.1) is 6.92 Å². The first kappa shape index (κ1) is 23.7. The maximum atomic E-state index is 13.0. The highest BCUT2D eigenvalue weighted by Crippen LogP contribution is 2.34. The van der Waals surface area contributed by atoms with Crippen LogP contribution in [0.4, 0.5) is 5.69 Å². The predicted octanol–water partition coefficient (Wildman–Crippen LogP) is 5.99. The van der Waals surface area contributed by atoms with Gasteiger partial charge in [-0.1, -0.05) is 48.6 Å². The monoisotopic (exact) mass is 481 g/mol. The van der Waals surface area contributed by atoms with E-state index in [-0.39, 0.29) is 11.8 Å². The van der Waals surface area contributed by atoms with Crippen LogP contribution in [0.25, 0.3) is 17.1 Å². The van der Waals surface area contributed by atoms with Crippen LogP contribution in [0.3, 0.4) is 0 Å². The van der Waals surface area contributed by atoms with Gasteiger partial charge in [0.1, 0.15) is 12.4 Å². The summed E-state index contributed by atoms with van der Waals surface area (Å²) >= 11 is 0. The average molecular weight is 482 g/mol. The van der Waals surface area contributed by atoms with Gasteiger partial charge in [0.2, 0.25) is 5.91 Å². The Balaban J connectivity index is 1.39. The lowest BCUT2D eigenvalue weighted by molar-refractivity contribution is -0.117. The maximum Gasteiger partial charge on any atom is 0.227 e. The fraction of sp³-hybridized carbons (Fsp3) is 0.267. The van der Waals surface area contributed by atoms with Gasteiger partial charge in [-0.25, -0.2) is 4.98 Å². The first-order valence-electron chi connectivity index (χ1n) is 12.3. The van der Waals surface area contributed by atoms with E-state index in [0.717, 1.165) is 33.7 Å². The number of fused-ring (bicyclic) bond motifs is 1. The molecule has 184 valence electrons. The van der Waals surface area contributed by atoms with E-state index in [0.29, 0.717) is 37.6 Å². The minimum atomic E-state index is 0.0131. The van der Waals surface area contributed by atoms with Gasteiger partial charge in [0.05, 0.1) is 24.7 Å². The predicted molar refractivity (Wildman–Crippen MR) is 144 cm³/mol. The zero-order chi connectivity index (χ0) is 25.1. The molecule has 1 fully saturated rings. The summed E-state index contributed by atoms with van der Waals surface area (Å²) in [4.78, 5) is 19.9. The molecule has 0 radical (unpaired) electrons. The quantitative estimate of drug-likeness (QED) is 0.310. The number of imidazole rings is 1. The molecule has 2 heterocycles. The van der Waals surface area contributed by atoms with Gasteiger partial charge in [-0.3, -0.25) is 4.79 Å². The molecule has 1 amide bonds. The number of aryl methyl sites for hydroxylation is 1. The van der Waals surface area contributed by atoms with Gasteiger partial charge in [0.25, 0.3) is 0 Å². The number of methoxy groups -OCH3 is 1. The normalized spacial score (nSPS) is 15.8. The molecule has 0 spiro atoms. The van der Waals surface area contributed by atoms with Gasteiger partial charge in [0.15, 0.2) is 11.5 Å². The lowest BCUT2D eigenvalue weighted by Gasteiger charge is -2.19. The van der Waals surface area contributed by atoms with Crippen molar-refractivity contribution in [3.8, 4) is 11.5 Å². The van der Waals surface area contributed by atoms with Gasteiger partial charge in [0, 0.05) is 24.6 Å². The Morgan fingerprint density at radius 2 is 1.86 bits per heavy atom. The summed E-state index contributed by atoms with van der Waals surface area (Å²) in [6.45, 7) is 5.72. The molecule has 1 atom stereocenters. The molecular formula is C30H31N3O3. The largest absolute Gasteiger partial charge is 0.493 e. The van der Waals surface area contributed by atoms with Crippen LogP contribution < -0.4 is 14.4 Å². The van der Waals surface area contributed by atoms with Gasteiger partial charge in [-0.2, -0.15) is 0 Å². The number of carbonyl (C=O) groups is 1. The number of aromatic nitrogens is 2. The fourth-order valence-electron chi connectivity index (χ4n) is 4.97. The number of ether oxygens (including phenoxy) is 2. The third kappa shape index (κ3) is 4.59. The van der Waals surface area contributed by atoms with Crippen LogP contribution in [0.15, 0.2) is 72.8 Å². The first-order chi connectivity index (χ1) is 17.6. The van der Waals surface area contributed by atoms with Crippen molar-refractivity contribution < 1.29 is 14.3 Å². The van der Waals surface area contributed by atoms with E-state index in [1.54, 1.807) is 7.11 Å². The lowest BCUT2D eigenvalue weighted by atomic mass is 10.1. The number of amides is 1. The summed E-state index contributed by atoms with van der Waals surface area (Å²) in [5.74, 6) is 2.49. The molecule has 6 nitrogen and oxygen atoms in total. The number of para-hydroxylation sites is 3. The van der Waals surface area contributed by atoms with Gasteiger partial charge >= 0.3 is 0 Å². The highest BCUT2D eigenvalue weighted by Gasteiger charge is 2.35. The third-order valence-corrected chi connectivity index (χ3v) is 6.70. The summed E-state index contributed by atoms with van der Waals surface area (Å²) in [6, 6.07) is 22.1. The van der Waals surface area contributed by atoms with E-state index in [1.807, 2.05) is 91.6 Å². The molecule has 3 aromatic carbocycles. The smallest absolute Gasteiger partial charge is 0.227 e. The molecule has 36 heavy (non-hydrogen) atoms. The molecule has 0 saturated carbocycles. The van der Waals surface area contributed by atoms with Crippen LogP contribution in [0.1, 0.15) is 36.2 Å². The molecule has 0 aliphatic carbocycles. The molecule has 0 bridgehead atoms. The summed E-state index contributed by atoms with van der Waals surface area (Å²) in [5.41, 5.74) is 5.12. The maximum absolute atomic E-state index is 13.0. The molecule has 0 unspecified atom stereocenters. The number of nitrogens with zero attached hydrogens (tertiary/aromatic N) is 3. The van der Waals surface area contributed by atoms with E-state index in [4.69, 9.17) is 14.5 Å². The number of hydrogen-bond donors (Lipinski definition) is 0. The fourth-order valence-corrected chi connectivity index (χ4v) is 4.97. The van der Waals surface area contributed by atoms with Crippen LogP contribution in [0.2, 0.25) is 0 Å². The van der Waals surface area contributed by atoms with E-state index >= 15 is 0 Å². The Morgan fingerprint density at radius 1 is 1.06 bits per heavy atom. The minimum Gasteiger partial charge on any atom is -0.493 e. The second kappa shape index (κ2) is 10.3. The molecule has 1 aromatic heterocycles. The summed E-state index contributed by atoms with van der Waals surface area (Å²) in [5, 5.41) is 0. The van der Waals surface area contributed by atoms with E-state index < -0.39 is 0 Å². The zero-order valence-corrected chi connectivity index (χ0v) is 21.0. The van der Waals surface area contributed by atoms with Crippen molar-refractivity contribution in [2.24, 2.45) is 0 Å². The third-order valence-electron chi connectivity index (χ3n) is 6.70. The Labute approximate surface area is 211 Å². The molecule has 1 saturated heterocycles. The van der Waals surface area contributed by atoms with Crippen molar-refractivity contribution in [2.45, 2.75) is 32.7 Å². The number of allylic oxidation sites excluding steroid dienone is 1. The van der Waals surface area contributed by atoms with Crippen molar-refractivity contribution in [1.82, 2.24) is 9.55 Å². The second-order valence-corrected chi connectivity index (χ2v) is 9.06. The molecule has 0 N–H and O–H groups in total. The summed E-state index contributed by atoms with van der Waals surface area (Å²) in [6.07, 6.45) is 4.47. The van der Waals surface area contributed by atoms with Crippen molar-refractivity contribution in [3.63, 3.8) is 0 Å². The zero-order valence-electron chi connectivity index (χ0n) is 21.0. The van der Waals surface area contributed by atoms with Crippen molar-refractivity contribution in [1.29, 1.82) is 0 Å². The molecule has 6 heteroatoms. The van der Waals surface area contributed by atoms with E-state index in [2.05, 4.69) is 10.6 Å². The Bertz CT molecular complexity index is 1420. The Kier molecular flexibility index (Phi) is 6.76. The Morgan fingerprint density at radius 3 is 2.67 bits per heavy atom. The molecule has 1 aliphatic heterocycles. The van der Waals surface area contributed by atoms with Crippen LogP contribution in [0.5, 0.6) is 11.5 Å². The molecule has 1 aliphatic rings. The van der Waals surface area contributed by atoms with Gasteiger partial charge < -0.3 is 18.9 Å². The van der Waals surface area contributed by atoms with Crippen molar-refractivity contribution in [3.05, 3.63) is 89.8 Å². The van der Waals surface area contributed by atoms with Crippen molar-refractivity contribution >= 4 is 28.7 Å². The Hall–Kier alpha value is -4.06. The summed E-state index contributed by atoms with van der Waals surface area (Å²) in [7, 11) is 1.65. The lowest BCUT2D eigenvalue weighted by Crippen LogP contribution is -2.25. The van der Waals surface area contributed by atoms with Crippen LogP contribution >= 0.6 is 0 Å². The number of hydrogen-bond acceptors (Lipinski definition) is 4. The minimum absolute atomic E-state index is 0.0131. The van der Waals surface area contributed by atoms with Crippen LogP contribution in [-0.4, -0.2) is 35.7 Å². The SMILES string of the molecule is C/C=C/c1ccc(OCCn2c([C@H]3CC(=O)N(c4ccccc4C)C3)nc3ccccc32)c(OC)c1. The van der Waals surface area contributed by atoms with Crippen molar-refractivity contribution in [2.75, 3.05) is 25.2 Å².